The summed E-state index contributed by atoms with van der Waals surface area (Å²) < 4.78 is 18.6. The number of ether oxygens (including phenoxy) is 1. The Morgan fingerprint density at radius 2 is 1.77 bits per heavy atom. The van der Waals surface area contributed by atoms with Gasteiger partial charge in [0, 0.05) is 45.5 Å². The van der Waals surface area contributed by atoms with Gasteiger partial charge >= 0.3 is 6.03 Å². The van der Waals surface area contributed by atoms with Crippen LogP contribution in [0.15, 0.2) is 66.9 Å². The Balaban J connectivity index is 1.34. The second-order valence-corrected chi connectivity index (χ2v) is 9.43. The fourth-order valence-corrected chi connectivity index (χ4v) is 4.31. The summed E-state index contributed by atoms with van der Waals surface area (Å²) in [6, 6.07) is 16.6. The lowest BCUT2D eigenvalue weighted by Crippen LogP contribution is -2.42. The number of nitrogen functional groups attached to an aromatic ring is 1. The summed E-state index contributed by atoms with van der Waals surface area (Å²) in [4.78, 5) is 34.1. The predicted molar refractivity (Wildman–Crippen MR) is 149 cm³/mol. The molecule has 2 aromatic carbocycles. The van der Waals surface area contributed by atoms with Gasteiger partial charge in [0.15, 0.2) is 0 Å². The summed E-state index contributed by atoms with van der Waals surface area (Å²) >= 11 is 0. The smallest absolute Gasteiger partial charge is 0.317 e. The normalized spacial score (nSPS) is 13.6. The SMILES string of the molecule is Nc1ccccc1NC(=O)c1ccc(CN(CCCN2CCOCC2)C(=O)NCCc2ccc(F)cc2)cn1. The molecule has 9 nitrogen and oxygen atoms in total. The fourth-order valence-electron chi connectivity index (χ4n) is 4.31. The number of benzene rings is 2. The van der Waals surface area contributed by atoms with Gasteiger partial charge in [-0.15, -0.1) is 0 Å². The molecule has 0 spiro atoms. The van der Waals surface area contributed by atoms with Gasteiger partial charge in [-0.05, 0) is 54.3 Å². The van der Waals surface area contributed by atoms with Gasteiger partial charge in [-0.2, -0.15) is 0 Å². The molecule has 4 N–H and O–H groups in total. The Morgan fingerprint density at radius 1 is 1.03 bits per heavy atom. The number of anilines is 2. The van der Waals surface area contributed by atoms with Crippen LogP contribution in [0.3, 0.4) is 0 Å². The molecular weight excluding hydrogens is 499 g/mol. The topological polar surface area (TPSA) is 113 Å². The first-order valence-corrected chi connectivity index (χ1v) is 13.2. The Bertz CT molecular complexity index is 1220. The molecule has 2 heterocycles. The Labute approximate surface area is 228 Å². The summed E-state index contributed by atoms with van der Waals surface area (Å²) in [5.41, 5.74) is 8.93. The van der Waals surface area contributed by atoms with Gasteiger partial charge in [0.25, 0.3) is 5.91 Å². The monoisotopic (exact) mass is 534 g/mol. The highest BCUT2D eigenvalue weighted by atomic mass is 19.1. The van der Waals surface area contributed by atoms with Crippen molar-refractivity contribution < 1.29 is 18.7 Å². The molecule has 1 aliphatic heterocycles. The lowest BCUT2D eigenvalue weighted by atomic mass is 10.1. The molecule has 4 rings (SSSR count). The summed E-state index contributed by atoms with van der Waals surface area (Å²) in [6.45, 7) is 5.48. The number of hydrogen-bond acceptors (Lipinski definition) is 6. The van der Waals surface area contributed by atoms with Crippen molar-refractivity contribution in [2.75, 3.05) is 57.0 Å². The van der Waals surface area contributed by atoms with E-state index in [1.165, 1.54) is 12.1 Å². The number of aromatic nitrogens is 1. The first kappa shape index (κ1) is 28.0. The van der Waals surface area contributed by atoms with Crippen molar-refractivity contribution in [2.24, 2.45) is 0 Å². The number of nitrogens with one attached hydrogen (secondary N) is 2. The lowest BCUT2D eigenvalue weighted by molar-refractivity contribution is 0.0364. The molecule has 0 atom stereocenters. The van der Waals surface area contributed by atoms with Crippen molar-refractivity contribution >= 4 is 23.3 Å². The molecule has 206 valence electrons. The van der Waals surface area contributed by atoms with Gasteiger partial charge in [0.1, 0.15) is 11.5 Å². The molecule has 1 saturated heterocycles. The molecule has 3 amide bonds. The largest absolute Gasteiger partial charge is 0.397 e. The van der Waals surface area contributed by atoms with E-state index in [4.69, 9.17) is 10.5 Å². The van der Waals surface area contributed by atoms with Gasteiger partial charge < -0.3 is 26.0 Å². The minimum atomic E-state index is -0.361. The third kappa shape index (κ3) is 8.76. The highest BCUT2D eigenvalue weighted by Gasteiger charge is 2.17. The fraction of sp³-hybridized carbons (Fsp3) is 0.345. The van der Waals surface area contributed by atoms with Crippen LogP contribution in [0.25, 0.3) is 0 Å². The quantitative estimate of drug-likeness (QED) is 0.325. The standard InChI is InChI=1S/C29H35FN6O3/c30-24-9-6-22(7-10-24)12-13-32-29(38)36(15-3-14-35-16-18-39-19-17-35)21-23-8-11-27(33-20-23)28(37)34-26-5-2-1-4-25(26)31/h1-2,4-11,20H,3,12-19,21,31H2,(H,32,38)(H,34,37). The molecule has 39 heavy (non-hydrogen) atoms. The Kier molecular flexibility index (Phi) is 10.2. The molecule has 0 radical (unpaired) electrons. The predicted octanol–water partition coefficient (Wildman–Crippen LogP) is 3.53. The zero-order valence-corrected chi connectivity index (χ0v) is 21.9. The summed E-state index contributed by atoms with van der Waals surface area (Å²) in [5.74, 6) is -0.643. The van der Waals surface area contributed by atoms with Crippen LogP contribution < -0.4 is 16.4 Å². The molecule has 1 aromatic heterocycles. The maximum absolute atomic E-state index is 13.2. The van der Waals surface area contributed by atoms with Crippen LogP contribution in [0.1, 0.15) is 28.0 Å². The van der Waals surface area contributed by atoms with Crippen molar-refractivity contribution in [2.45, 2.75) is 19.4 Å². The summed E-state index contributed by atoms with van der Waals surface area (Å²) in [5, 5.41) is 5.75. The van der Waals surface area contributed by atoms with Crippen LogP contribution in [-0.2, 0) is 17.7 Å². The molecular formula is C29H35FN6O3. The van der Waals surface area contributed by atoms with Crippen molar-refractivity contribution in [1.82, 2.24) is 20.1 Å². The number of morpholine rings is 1. The van der Waals surface area contributed by atoms with Gasteiger partial charge in [0.2, 0.25) is 0 Å². The number of amides is 3. The van der Waals surface area contributed by atoms with E-state index in [9.17, 15) is 14.0 Å². The maximum atomic E-state index is 13.2. The number of hydrogen-bond donors (Lipinski definition) is 3. The molecule has 0 aliphatic carbocycles. The third-order valence-electron chi connectivity index (χ3n) is 6.54. The zero-order chi connectivity index (χ0) is 27.5. The number of rotatable bonds is 11. The minimum absolute atomic E-state index is 0.180. The number of carbonyl (C=O) groups excluding carboxylic acids is 2. The van der Waals surface area contributed by atoms with E-state index in [2.05, 4.69) is 20.5 Å². The summed E-state index contributed by atoms with van der Waals surface area (Å²) in [6.07, 6.45) is 3.03. The molecule has 1 aliphatic rings. The minimum Gasteiger partial charge on any atom is -0.397 e. The molecule has 0 unspecified atom stereocenters. The van der Waals surface area contributed by atoms with Crippen molar-refractivity contribution in [3.63, 3.8) is 0 Å². The highest BCUT2D eigenvalue weighted by molar-refractivity contribution is 6.04. The van der Waals surface area contributed by atoms with E-state index in [0.29, 0.717) is 37.4 Å². The van der Waals surface area contributed by atoms with Gasteiger partial charge in [-0.1, -0.05) is 30.3 Å². The lowest BCUT2D eigenvalue weighted by Gasteiger charge is -2.28. The second-order valence-electron chi connectivity index (χ2n) is 9.43. The van der Waals surface area contributed by atoms with Gasteiger partial charge in [-0.25, -0.2) is 9.18 Å². The first-order valence-electron chi connectivity index (χ1n) is 13.2. The van der Waals surface area contributed by atoms with Crippen LogP contribution in [0.4, 0.5) is 20.6 Å². The number of nitrogens with zero attached hydrogens (tertiary/aromatic N) is 3. The first-order chi connectivity index (χ1) is 19.0. The van der Waals surface area contributed by atoms with E-state index >= 15 is 0 Å². The van der Waals surface area contributed by atoms with Crippen molar-refractivity contribution in [3.05, 3.63) is 89.5 Å². The molecule has 0 saturated carbocycles. The molecule has 10 heteroatoms. The van der Waals surface area contributed by atoms with Crippen molar-refractivity contribution in [3.8, 4) is 0 Å². The van der Waals surface area contributed by atoms with E-state index in [1.54, 1.807) is 59.6 Å². The van der Waals surface area contributed by atoms with E-state index < -0.39 is 0 Å². The number of carbonyl (C=O) groups is 2. The average Bonchev–Trinajstić information content (AvgIpc) is 2.95. The van der Waals surface area contributed by atoms with Crippen LogP contribution >= 0.6 is 0 Å². The van der Waals surface area contributed by atoms with Crippen molar-refractivity contribution in [1.29, 1.82) is 0 Å². The van der Waals surface area contributed by atoms with Crippen LogP contribution in [-0.4, -0.2) is 72.7 Å². The third-order valence-corrected chi connectivity index (χ3v) is 6.54. The average molecular weight is 535 g/mol. The zero-order valence-electron chi connectivity index (χ0n) is 21.9. The number of urea groups is 1. The van der Waals surface area contributed by atoms with E-state index in [0.717, 1.165) is 50.4 Å². The Morgan fingerprint density at radius 3 is 2.49 bits per heavy atom. The van der Waals surface area contributed by atoms with Gasteiger partial charge in [-0.3, -0.25) is 14.7 Å². The molecule has 3 aromatic rings. The maximum Gasteiger partial charge on any atom is 0.317 e. The number of pyridine rings is 1. The van der Waals surface area contributed by atoms with E-state index in [1.807, 2.05) is 0 Å². The summed E-state index contributed by atoms with van der Waals surface area (Å²) in [7, 11) is 0. The molecule has 1 fully saturated rings. The molecule has 0 bridgehead atoms. The van der Waals surface area contributed by atoms with Crippen LogP contribution in [0.2, 0.25) is 0 Å². The number of nitrogens with two attached hydrogens (primary N) is 1. The second kappa shape index (κ2) is 14.2. The van der Waals surface area contributed by atoms with Gasteiger partial charge in [0.05, 0.1) is 24.6 Å². The number of halogens is 1. The Hall–Kier alpha value is -4.02. The van der Waals surface area contributed by atoms with Crippen LogP contribution in [0, 0.1) is 5.82 Å². The van der Waals surface area contributed by atoms with E-state index in [-0.39, 0.29) is 23.4 Å². The number of para-hydroxylation sites is 2. The highest BCUT2D eigenvalue weighted by Crippen LogP contribution is 2.17. The van der Waals surface area contributed by atoms with Crippen LogP contribution in [0.5, 0.6) is 0 Å².